The summed E-state index contributed by atoms with van der Waals surface area (Å²) in [5.74, 6) is 0.743. The Balaban J connectivity index is 1.80. The van der Waals surface area contributed by atoms with Crippen LogP contribution in [-0.4, -0.2) is 43.8 Å². The monoisotopic (exact) mass is 454 g/mol. The fourth-order valence-corrected chi connectivity index (χ4v) is 4.05. The molecular formula is C29H44NO3+. The predicted octanol–water partition coefficient (Wildman–Crippen LogP) is 6.57. The first kappa shape index (κ1) is 26.9. The van der Waals surface area contributed by atoms with Crippen LogP contribution >= 0.6 is 0 Å². The molecule has 1 atom stereocenters. The molecule has 0 saturated heterocycles. The van der Waals surface area contributed by atoms with E-state index in [0.29, 0.717) is 11.0 Å². The number of quaternary nitrogens is 1. The molecule has 0 heterocycles. The number of unbranched alkanes of at least 4 members (excludes halogenated alkanes) is 5. The van der Waals surface area contributed by atoms with Crippen LogP contribution in [0.2, 0.25) is 0 Å². The molecule has 0 aromatic heterocycles. The fourth-order valence-electron chi connectivity index (χ4n) is 4.05. The molecule has 0 aliphatic carbocycles. The molecule has 4 nitrogen and oxygen atoms in total. The second-order valence-electron chi connectivity index (χ2n) is 9.69. The number of hydrogen-bond acceptors (Lipinski definition) is 3. The van der Waals surface area contributed by atoms with Gasteiger partial charge in [0, 0.05) is 5.56 Å². The summed E-state index contributed by atoms with van der Waals surface area (Å²) in [6.45, 7) is 5.73. The van der Waals surface area contributed by atoms with Gasteiger partial charge in [0.15, 0.2) is 6.54 Å². The molecule has 0 aliphatic heterocycles. The summed E-state index contributed by atoms with van der Waals surface area (Å²) in [7, 11) is 4.11. The number of ether oxygens (including phenoxy) is 2. The lowest BCUT2D eigenvalue weighted by molar-refractivity contribution is -0.896. The van der Waals surface area contributed by atoms with Crippen LogP contribution in [0.5, 0.6) is 5.75 Å². The lowest BCUT2D eigenvalue weighted by atomic mass is 10.0. The van der Waals surface area contributed by atoms with Crippen LogP contribution in [0, 0.1) is 0 Å². The maximum absolute atomic E-state index is 12.5. The average molecular weight is 455 g/mol. The van der Waals surface area contributed by atoms with Crippen molar-refractivity contribution in [1.29, 1.82) is 0 Å². The quantitative estimate of drug-likeness (QED) is 0.163. The van der Waals surface area contributed by atoms with Crippen LogP contribution in [0.1, 0.15) is 69.9 Å². The third-order valence-electron chi connectivity index (χ3n) is 5.96. The summed E-state index contributed by atoms with van der Waals surface area (Å²) in [6.07, 6.45) is 9.39. The van der Waals surface area contributed by atoms with E-state index < -0.39 is 0 Å². The van der Waals surface area contributed by atoms with Gasteiger partial charge in [0.05, 0.1) is 14.1 Å². The zero-order valence-electron chi connectivity index (χ0n) is 21.2. The van der Waals surface area contributed by atoms with Crippen molar-refractivity contribution in [2.45, 2.75) is 77.9 Å². The molecule has 0 spiro atoms. The highest BCUT2D eigenvalue weighted by Crippen LogP contribution is 2.23. The number of esters is 1. The topological polar surface area (TPSA) is 35.5 Å². The average Bonchev–Trinajstić information content (AvgIpc) is 2.79. The number of benzene rings is 2. The third kappa shape index (κ3) is 10.9. The van der Waals surface area contributed by atoms with Gasteiger partial charge >= 0.3 is 5.97 Å². The second-order valence-corrected chi connectivity index (χ2v) is 9.69. The van der Waals surface area contributed by atoms with Gasteiger partial charge in [-0.05, 0) is 30.9 Å². The molecule has 2 aromatic rings. The van der Waals surface area contributed by atoms with E-state index in [1.54, 1.807) is 0 Å². The van der Waals surface area contributed by atoms with Crippen LogP contribution in [0.25, 0.3) is 0 Å². The molecule has 0 amide bonds. The van der Waals surface area contributed by atoms with Crippen LogP contribution in [-0.2, 0) is 22.5 Å². The normalized spacial score (nSPS) is 12.4. The highest BCUT2D eigenvalue weighted by atomic mass is 16.6. The van der Waals surface area contributed by atoms with Gasteiger partial charge in [-0.3, -0.25) is 0 Å². The van der Waals surface area contributed by atoms with Crippen molar-refractivity contribution in [2.24, 2.45) is 0 Å². The van der Waals surface area contributed by atoms with Gasteiger partial charge in [-0.25, -0.2) is 4.79 Å². The number of para-hydroxylation sites is 1. The van der Waals surface area contributed by atoms with E-state index in [1.165, 1.54) is 49.7 Å². The van der Waals surface area contributed by atoms with E-state index in [0.717, 1.165) is 25.1 Å². The molecule has 182 valence electrons. The number of nitrogens with zero attached hydrogens (tertiary/aromatic N) is 1. The fraction of sp³-hybridized carbons (Fsp3) is 0.552. The molecule has 0 fully saturated rings. The Morgan fingerprint density at radius 2 is 1.55 bits per heavy atom. The van der Waals surface area contributed by atoms with Crippen molar-refractivity contribution in [1.82, 2.24) is 0 Å². The predicted molar refractivity (Wildman–Crippen MR) is 136 cm³/mol. The van der Waals surface area contributed by atoms with Crippen LogP contribution in [0.3, 0.4) is 0 Å². The van der Waals surface area contributed by atoms with Gasteiger partial charge in [-0.15, -0.1) is 0 Å². The van der Waals surface area contributed by atoms with Crippen molar-refractivity contribution in [3.8, 4) is 5.75 Å². The molecule has 0 aliphatic rings. The zero-order chi connectivity index (χ0) is 23.9. The van der Waals surface area contributed by atoms with E-state index in [4.69, 9.17) is 9.47 Å². The summed E-state index contributed by atoms with van der Waals surface area (Å²) in [5, 5.41) is 0. The number of carbonyl (C=O) groups is 1. The first-order valence-corrected chi connectivity index (χ1v) is 12.7. The van der Waals surface area contributed by atoms with E-state index in [-0.39, 0.29) is 18.7 Å². The molecular weight excluding hydrogens is 410 g/mol. The standard InChI is InChI=1S/C29H44NO3/c1-5-7-8-9-10-14-19-26-20-15-16-21-28(26)33-27(6-2)24-32-29(31)23-30(3,4)22-25-17-12-11-13-18-25/h11-13,15-18,20-21,27H,5-10,14,19,22-24H2,1-4H3/q+1. The minimum absolute atomic E-state index is 0.135. The minimum Gasteiger partial charge on any atom is -0.487 e. The van der Waals surface area contributed by atoms with Crippen molar-refractivity contribution in [2.75, 3.05) is 27.2 Å². The van der Waals surface area contributed by atoms with Gasteiger partial charge in [-0.2, -0.15) is 0 Å². The number of carbonyl (C=O) groups excluding carboxylic acids is 1. The van der Waals surface area contributed by atoms with Crippen LogP contribution < -0.4 is 4.74 Å². The maximum atomic E-state index is 12.5. The molecule has 2 aromatic carbocycles. The highest BCUT2D eigenvalue weighted by Gasteiger charge is 2.23. The summed E-state index contributed by atoms with van der Waals surface area (Å²) in [4.78, 5) is 12.5. The SMILES string of the molecule is CCCCCCCCc1ccccc1OC(CC)COC(=O)C[N+](C)(C)Cc1ccccc1. The number of aryl methyl sites for hydroxylation is 1. The van der Waals surface area contributed by atoms with E-state index >= 15 is 0 Å². The number of hydrogen-bond donors (Lipinski definition) is 0. The van der Waals surface area contributed by atoms with Gasteiger partial charge in [-0.1, -0.05) is 94.5 Å². The highest BCUT2D eigenvalue weighted by molar-refractivity contribution is 5.70. The lowest BCUT2D eigenvalue weighted by Crippen LogP contribution is -2.44. The third-order valence-corrected chi connectivity index (χ3v) is 5.96. The maximum Gasteiger partial charge on any atom is 0.361 e. The zero-order valence-corrected chi connectivity index (χ0v) is 21.2. The summed E-state index contributed by atoms with van der Waals surface area (Å²) >= 11 is 0. The summed E-state index contributed by atoms with van der Waals surface area (Å²) < 4.78 is 12.5. The van der Waals surface area contributed by atoms with Crippen molar-refractivity contribution in [3.63, 3.8) is 0 Å². The summed E-state index contributed by atoms with van der Waals surface area (Å²) in [5.41, 5.74) is 2.46. The van der Waals surface area contributed by atoms with Crippen LogP contribution in [0.15, 0.2) is 54.6 Å². The molecule has 0 radical (unpaired) electrons. The Bertz CT molecular complexity index is 804. The van der Waals surface area contributed by atoms with Gasteiger partial charge in [0.1, 0.15) is 25.0 Å². The Morgan fingerprint density at radius 1 is 0.879 bits per heavy atom. The van der Waals surface area contributed by atoms with Gasteiger partial charge < -0.3 is 14.0 Å². The molecule has 0 bridgehead atoms. The Kier molecular flexibility index (Phi) is 12.0. The molecule has 0 N–H and O–H groups in total. The molecule has 4 heteroatoms. The van der Waals surface area contributed by atoms with Crippen molar-refractivity contribution in [3.05, 3.63) is 65.7 Å². The number of likely N-dealkylation sites (N-methyl/N-ethyl adjacent to an activating group) is 1. The first-order valence-electron chi connectivity index (χ1n) is 12.7. The Morgan fingerprint density at radius 3 is 2.27 bits per heavy atom. The van der Waals surface area contributed by atoms with E-state index in [1.807, 2.05) is 30.3 Å². The van der Waals surface area contributed by atoms with E-state index in [9.17, 15) is 4.79 Å². The van der Waals surface area contributed by atoms with Crippen LogP contribution in [0.4, 0.5) is 0 Å². The molecule has 2 rings (SSSR count). The minimum atomic E-state index is -0.182. The first-order chi connectivity index (χ1) is 15.9. The largest absolute Gasteiger partial charge is 0.487 e. The summed E-state index contributed by atoms with van der Waals surface area (Å²) in [6, 6.07) is 18.5. The smallest absolute Gasteiger partial charge is 0.361 e. The van der Waals surface area contributed by atoms with Gasteiger partial charge in [0.25, 0.3) is 0 Å². The van der Waals surface area contributed by atoms with Crippen molar-refractivity contribution < 1.29 is 18.8 Å². The Hall–Kier alpha value is -2.33. The lowest BCUT2D eigenvalue weighted by Gasteiger charge is -2.29. The molecule has 33 heavy (non-hydrogen) atoms. The van der Waals surface area contributed by atoms with Crippen molar-refractivity contribution >= 4 is 5.97 Å². The van der Waals surface area contributed by atoms with Gasteiger partial charge in [0.2, 0.25) is 0 Å². The molecule has 0 saturated carbocycles. The second kappa shape index (κ2) is 14.7. The van der Waals surface area contributed by atoms with E-state index in [2.05, 4.69) is 52.2 Å². The molecule has 1 unspecified atom stereocenters. The number of rotatable bonds is 16. The Labute approximate surface area is 201 Å².